The molecule has 4 heteroatoms. The van der Waals surface area contributed by atoms with Gasteiger partial charge in [-0.3, -0.25) is 0 Å². The Labute approximate surface area is 93.6 Å². The average molecular weight is 233 g/mol. The van der Waals surface area contributed by atoms with Crippen molar-refractivity contribution in [3.05, 3.63) is 0 Å². The molecule has 90 valence electrons. The van der Waals surface area contributed by atoms with Crippen molar-refractivity contribution in [3.63, 3.8) is 0 Å². The van der Waals surface area contributed by atoms with Crippen LogP contribution in [0.5, 0.6) is 0 Å². The summed E-state index contributed by atoms with van der Waals surface area (Å²) in [6.45, 7) is 3.00. The zero-order valence-corrected chi connectivity index (χ0v) is 10.5. The van der Waals surface area contributed by atoms with Crippen LogP contribution >= 0.6 is 0 Å². The Morgan fingerprint density at radius 3 is 2.40 bits per heavy atom. The summed E-state index contributed by atoms with van der Waals surface area (Å²) in [5, 5.41) is 3.39. The lowest BCUT2D eigenvalue weighted by atomic mass is 10.3. The zero-order valence-electron chi connectivity index (χ0n) is 9.67. The first-order chi connectivity index (χ1) is 7.14. The summed E-state index contributed by atoms with van der Waals surface area (Å²) in [5.74, 6) is 0.749. The summed E-state index contributed by atoms with van der Waals surface area (Å²) in [4.78, 5) is 0. The van der Waals surface area contributed by atoms with Gasteiger partial charge in [-0.25, -0.2) is 8.42 Å². The quantitative estimate of drug-likeness (QED) is 0.617. The molecule has 0 heterocycles. The van der Waals surface area contributed by atoms with E-state index in [2.05, 4.69) is 5.32 Å². The van der Waals surface area contributed by atoms with Gasteiger partial charge in [0.2, 0.25) is 0 Å². The van der Waals surface area contributed by atoms with E-state index in [9.17, 15) is 8.42 Å². The molecule has 0 saturated heterocycles. The molecule has 1 aliphatic rings. The van der Waals surface area contributed by atoms with Gasteiger partial charge in [-0.1, -0.05) is 13.3 Å². The average Bonchev–Trinajstić information content (AvgIpc) is 2.98. The van der Waals surface area contributed by atoms with Gasteiger partial charge in [-0.2, -0.15) is 0 Å². The predicted octanol–water partition coefficient (Wildman–Crippen LogP) is 1.73. The van der Waals surface area contributed by atoms with Crippen LogP contribution in [0.15, 0.2) is 0 Å². The lowest BCUT2D eigenvalue weighted by Gasteiger charge is -2.04. The second kappa shape index (κ2) is 6.48. The Bertz CT molecular complexity index is 258. The van der Waals surface area contributed by atoms with E-state index in [1.165, 1.54) is 12.8 Å². The van der Waals surface area contributed by atoms with Crippen molar-refractivity contribution in [2.75, 3.05) is 18.1 Å². The summed E-state index contributed by atoms with van der Waals surface area (Å²) in [6.07, 6.45) is 6.17. The van der Waals surface area contributed by atoms with E-state index in [4.69, 9.17) is 0 Å². The van der Waals surface area contributed by atoms with Crippen molar-refractivity contribution in [2.45, 2.75) is 51.5 Å². The third-order valence-electron chi connectivity index (χ3n) is 2.70. The molecule has 1 N–H and O–H groups in total. The van der Waals surface area contributed by atoms with Crippen molar-refractivity contribution < 1.29 is 8.42 Å². The van der Waals surface area contributed by atoms with Gasteiger partial charge in [-0.15, -0.1) is 0 Å². The maximum Gasteiger partial charge on any atom is 0.150 e. The van der Waals surface area contributed by atoms with Crippen LogP contribution in [0.2, 0.25) is 0 Å². The van der Waals surface area contributed by atoms with Gasteiger partial charge < -0.3 is 5.32 Å². The summed E-state index contributed by atoms with van der Waals surface area (Å²) < 4.78 is 23.0. The highest BCUT2D eigenvalue weighted by Gasteiger charge is 2.19. The first kappa shape index (κ1) is 13.0. The Morgan fingerprint density at radius 1 is 1.13 bits per heavy atom. The minimum absolute atomic E-state index is 0.374. The molecule has 15 heavy (non-hydrogen) atoms. The van der Waals surface area contributed by atoms with Crippen molar-refractivity contribution in [2.24, 2.45) is 0 Å². The highest BCUT2D eigenvalue weighted by atomic mass is 32.2. The third-order valence-corrected chi connectivity index (χ3v) is 4.52. The molecule has 0 unspecified atom stereocenters. The number of rotatable bonds is 9. The molecule has 0 aliphatic heterocycles. The van der Waals surface area contributed by atoms with Gasteiger partial charge in [0.1, 0.15) is 9.84 Å². The van der Waals surface area contributed by atoms with Crippen LogP contribution in [0.25, 0.3) is 0 Å². The van der Waals surface area contributed by atoms with Crippen LogP contribution in [0.1, 0.15) is 45.4 Å². The van der Waals surface area contributed by atoms with Crippen molar-refractivity contribution in [3.8, 4) is 0 Å². The number of hydrogen-bond acceptors (Lipinski definition) is 3. The zero-order chi connectivity index (χ0) is 11.1. The largest absolute Gasteiger partial charge is 0.314 e. The second-order valence-electron chi connectivity index (χ2n) is 4.44. The van der Waals surface area contributed by atoms with E-state index >= 15 is 0 Å². The smallest absolute Gasteiger partial charge is 0.150 e. The van der Waals surface area contributed by atoms with Crippen LogP contribution in [-0.4, -0.2) is 32.5 Å². The number of unbranched alkanes of at least 4 members (excludes halogenated alkanes) is 2. The molecule has 1 rings (SSSR count). The molecule has 0 radical (unpaired) electrons. The predicted molar refractivity (Wildman–Crippen MR) is 63.8 cm³/mol. The van der Waals surface area contributed by atoms with Crippen molar-refractivity contribution in [1.82, 2.24) is 5.32 Å². The molecule has 0 aromatic carbocycles. The number of sulfone groups is 1. The van der Waals surface area contributed by atoms with Crippen molar-refractivity contribution >= 4 is 9.84 Å². The molecule has 0 aromatic heterocycles. The highest BCUT2D eigenvalue weighted by Crippen LogP contribution is 2.18. The van der Waals surface area contributed by atoms with Crippen LogP contribution in [0.4, 0.5) is 0 Å². The Hall–Kier alpha value is -0.0900. The fraction of sp³-hybridized carbons (Fsp3) is 1.00. The van der Waals surface area contributed by atoms with Crippen LogP contribution in [-0.2, 0) is 9.84 Å². The fourth-order valence-electron chi connectivity index (χ4n) is 1.51. The summed E-state index contributed by atoms with van der Waals surface area (Å²) in [7, 11) is -2.76. The van der Waals surface area contributed by atoms with E-state index < -0.39 is 9.84 Å². The van der Waals surface area contributed by atoms with Gasteiger partial charge in [0.15, 0.2) is 0 Å². The maximum atomic E-state index is 11.5. The van der Waals surface area contributed by atoms with Gasteiger partial charge in [-0.05, 0) is 38.6 Å². The molecule has 0 atom stereocenters. The molecule has 3 nitrogen and oxygen atoms in total. The molecule has 0 spiro atoms. The van der Waals surface area contributed by atoms with Gasteiger partial charge >= 0.3 is 0 Å². The van der Waals surface area contributed by atoms with Gasteiger partial charge in [0.25, 0.3) is 0 Å². The minimum Gasteiger partial charge on any atom is -0.314 e. The fourth-order valence-corrected chi connectivity index (χ4v) is 3.08. The first-order valence-electron chi connectivity index (χ1n) is 6.08. The molecular formula is C11H23NO2S. The maximum absolute atomic E-state index is 11.5. The molecule has 0 amide bonds. The molecule has 1 fully saturated rings. The number of hydrogen-bond donors (Lipinski definition) is 1. The lowest BCUT2D eigenvalue weighted by Crippen LogP contribution is -2.19. The van der Waals surface area contributed by atoms with E-state index in [-0.39, 0.29) is 0 Å². The van der Waals surface area contributed by atoms with Gasteiger partial charge in [0, 0.05) is 6.04 Å². The van der Waals surface area contributed by atoms with E-state index in [0.717, 1.165) is 38.3 Å². The minimum atomic E-state index is -2.76. The molecular weight excluding hydrogens is 210 g/mol. The summed E-state index contributed by atoms with van der Waals surface area (Å²) >= 11 is 0. The Morgan fingerprint density at radius 2 is 1.80 bits per heavy atom. The second-order valence-corrected chi connectivity index (χ2v) is 6.74. The molecule has 1 saturated carbocycles. The standard InChI is InChI=1S/C11H23NO2S/c1-2-3-9-15(13,14)10-5-4-8-12-11-6-7-11/h11-12H,2-10H2,1H3. The normalized spacial score (nSPS) is 16.9. The van der Waals surface area contributed by atoms with Crippen molar-refractivity contribution in [1.29, 1.82) is 0 Å². The van der Waals surface area contributed by atoms with Crippen LogP contribution < -0.4 is 5.32 Å². The third kappa shape index (κ3) is 6.90. The van der Waals surface area contributed by atoms with E-state index in [0.29, 0.717) is 11.5 Å². The monoisotopic (exact) mass is 233 g/mol. The topological polar surface area (TPSA) is 46.2 Å². The Kier molecular flexibility index (Phi) is 5.61. The van der Waals surface area contributed by atoms with E-state index in [1.54, 1.807) is 0 Å². The van der Waals surface area contributed by atoms with E-state index in [1.807, 2.05) is 6.92 Å². The molecule has 0 bridgehead atoms. The Balaban J connectivity index is 1.96. The highest BCUT2D eigenvalue weighted by molar-refractivity contribution is 7.91. The molecule has 1 aliphatic carbocycles. The number of nitrogens with one attached hydrogen (secondary N) is 1. The molecule has 0 aromatic rings. The van der Waals surface area contributed by atoms with Crippen LogP contribution in [0.3, 0.4) is 0 Å². The summed E-state index contributed by atoms with van der Waals surface area (Å²) in [6, 6.07) is 0.738. The summed E-state index contributed by atoms with van der Waals surface area (Å²) in [5.41, 5.74) is 0. The lowest BCUT2D eigenvalue weighted by molar-refractivity contribution is 0.583. The van der Waals surface area contributed by atoms with Gasteiger partial charge in [0.05, 0.1) is 11.5 Å². The van der Waals surface area contributed by atoms with Crippen LogP contribution in [0, 0.1) is 0 Å². The first-order valence-corrected chi connectivity index (χ1v) is 7.90. The SMILES string of the molecule is CCCCS(=O)(=O)CCCCNC1CC1.